The number of piperidine rings is 1. The number of rotatable bonds is 9. The molecule has 0 atom stereocenters. The maximum atomic E-state index is 12.0. The van der Waals surface area contributed by atoms with Gasteiger partial charge in [0.05, 0.1) is 0 Å². The number of hydrogen-bond donors (Lipinski definition) is 2. The third-order valence-corrected chi connectivity index (χ3v) is 4.50. The maximum absolute atomic E-state index is 12.0. The number of likely N-dealkylation sites (tertiary alicyclic amines) is 1. The van der Waals surface area contributed by atoms with Gasteiger partial charge in [-0.2, -0.15) is 13.2 Å². The zero-order chi connectivity index (χ0) is 20.2. The number of guanidine groups is 1. The molecule has 1 heterocycles. The molecule has 0 bridgehead atoms. The van der Waals surface area contributed by atoms with Gasteiger partial charge in [-0.3, -0.25) is 9.89 Å². The first-order chi connectivity index (χ1) is 13.5. The molecule has 1 saturated heterocycles. The number of ether oxygens (including phenoxy) is 1. The minimum absolute atomic E-state index is 0.0558. The molecule has 0 radical (unpaired) electrons. The van der Waals surface area contributed by atoms with Crippen molar-refractivity contribution in [3.63, 3.8) is 0 Å². The second-order valence-electron chi connectivity index (χ2n) is 6.96. The standard InChI is InChI=1S/C20H31F3N4O/c1-2-24-19(25-11-6-14-28-16-20(21,22)23)26-18-9-12-27(13-10-18)15-17-7-4-3-5-8-17/h3-5,7-8,18H,2,6,9-16H2,1H3,(H2,24,25,26). The van der Waals surface area contributed by atoms with Gasteiger partial charge in [-0.15, -0.1) is 0 Å². The van der Waals surface area contributed by atoms with Crippen molar-refractivity contribution in [1.29, 1.82) is 0 Å². The van der Waals surface area contributed by atoms with Crippen LogP contribution in [0.2, 0.25) is 0 Å². The van der Waals surface area contributed by atoms with E-state index in [-0.39, 0.29) is 6.61 Å². The summed E-state index contributed by atoms with van der Waals surface area (Å²) in [6.45, 7) is 5.04. The van der Waals surface area contributed by atoms with Gasteiger partial charge in [-0.05, 0) is 31.7 Å². The van der Waals surface area contributed by atoms with E-state index in [0.29, 0.717) is 19.0 Å². The fraction of sp³-hybridized carbons (Fsp3) is 0.650. The predicted molar refractivity (Wildman–Crippen MR) is 105 cm³/mol. The lowest BCUT2D eigenvalue weighted by atomic mass is 10.0. The summed E-state index contributed by atoms with van der Waals surface area (Å²) in [6.07, 6.45) is -1.74. The second kappa shape index (κ2) is 11.9. The van der Waals surface area contributed by atoms with Gasteiger partial charge in [0, 0.05) is 45.4 Å². The van der Waals surface area contributed by atoms with Gasteiger partial charge in [-0.25, -0.2) is 0 Å². The van der Waals surface area contributed by atoms with Crippen molar-refractivity contribution >= 4 is 5.96 Å². The molecule has 8 heteroatoms. The normalized spacial score (nSPS) is 16.9. The molecule has 0 amide bonds. The summed E-state index contributed by atoms with van der Waals surface area (Å²) >= 11 is 0. The van der Waals surface area contributed by atoms with Crippen molar-refractivity contribution in [2.45, 2.75) is 44.9 Å². The van der Waals surface area contributed by atoms with Gasteiger partial charge in [0.15, 0.2) is 5.96 Å². The van der Waals surface area contributed by atoms with E-state index >= 15 is 0 Å². The fourth-order valence-electron chi connectivity index (χ4n) is 3.14. The Morgan fingerprint density at radius 2 is 1.93 bits per heavy atom. The van der Waals surface area contributed by atoms with E-state index in [0.717, 1.165) is 45.0 Å². The Hall–Kier alpha value is -1.80. The van der Waals surface area contributed by atoms with E-state index in [2.05, 4.69) is 49.5 Å². The van der Waals surface area contributed by atoms with E-state index in [1.54, 1.807) is 0 Å². The third-order valence-electron chi connectivity index (χ3n) is 4.50. The Morgan fingerprint density at radius 1 is 1.21 bits per heavy atom. The fourth-order valence-corrected chi connectivity index (χ4v) is 3.14. The Balaban J connectivity index is 1.67. The summed E-state index contributed by atoms with van der Waals surface area (Å²) in [6, 6.07) is 10.8. The molecular weight excluding hydrogens is 369 g/mol. The minimum Gasteiger partial charge on any atom is -0.372 e. The van der Waals surface area contributed by atoms with Gasteiger partial charge in [-0.1, -0.05) is 30.3 Å². The number of halogens is 3. The molecule has 1 aromatic carbocycles. The highest BCUT2D eigenvalue weighted by Gasteiger charge is 2.27. The van der Waals surface area contributed by atoms with Gasteiger partial charge in [0.1, 0.15) is 6.61 Å². The van der Waals surface area contributed by atoms with Crippen molar-refractivity contribution in [3.8, 4) is 0 Å². The number of aliphatic imine (C=N–C) groups is 1. The number of hydrogen-bond acceptors (Lipinski definition) is 3. The van der Waals surface area contributed by atoms with Gasteiger partial charge < -0.3 is 15.4 Å². The quantitative estimate of drug-likeness (QED) is 0.380. The van der Waals surface area contributed by atoms with Crippen molar-refractivity contribution in [2.24, 2.45) is 4.99 Å². The highest BCUT2D eigenvalue weighted by Crippen LogP contribution is 2.15. The molecule has 0 saturated carbocycles. The lowest BCUT2D eigenvalue weighted by Gasteiger charge is -2.33. The molecule has 28 heavy (non-hydrogen) atoms. The van der Waals surface area contributed by atoms with Crippen molar-refractivity contribution in [3.05, 3.63) is 35.9 Å². The SMILES string of the molecule is CCNC(=NCCCOCC(F)(F)F)NC1CCN(Cc2ccccc2)CC1. The summed E-state index contributed by atoms with van der Waals surface area (Å²) in [5.41, 5.74) is 1.33. The molecule has 1 aromatic rings. The first-order valence-electron chi connectivity index (χ1n) is 9.92. The minimum atomic E-state index is -4.27. The van der Waals surface area contributed by atoms with E-state index in [1.807, 2.05) is 13.0 Å². The number of nitrogens with one attached hydrogen (secondary N) is 2. The molecule has 0 aliphatic carbocycles. The van der Waals surface area contributed by atoms with Crippen LogP contribution in [0.1, 0.15) is 31.7 Å². The number of benzene rings is 1. The van der Waals surface area contributed by atoms with Crippen LogP contribution in [-0.2, 0) is 11.3 Å². The summed E-state index contributed by atoms with van der Waals surface area (Å²) in [4.78, 5) is 6.90. The molecule has 158 valence electrons. The Morgan fingerprint density at radius 3 is 2.57 bits per heavy atom. The highest BCUT2D eigenvalue weighted by molar-refractivity contribution is 5.80. The number of nitrogens with zero attached hydrogens (tertiary/aromatic N) is 2. The first-order valence-corrected chi connectivity index (χ1v) is 9.92. The van der Waals surface area contributed by atoms with Crippen LogP contribution in [0.5, 0.6) is 0 Å². The van der Waals surface area contributed by atoms with Crippen LogP contribution >= 0.6 is 0 Å². The Kier molecular flexibility index (Phi) is 9.57. The molecule has 1 aliphatic rings. The van der Waals surface area contributed by atoms with Crippen LogP contribution < -0.4 is 10.6 Å². The monoisotopic (exact) mass is 400 g/mol. The molecule has 0 aromatic heterocycles. The summed E-state index contributed by atoms with van der Waals surface area (Å²) in [5.74, 6) is 0.722. The zero-order valence-corrected chi connectivity index (χ0v) is 16.5. The molecule has 2 rings (SSSR count). The number of alkyl halides is 3. The van der Waals surface area contributed by atoms with Crippen molar-refractivity contribution < 1.29 is 17.9 Å². The maximum Gasteiger partial charge on any atom is 0.411 e. The molecule has 2 N–H and O–H groups in total. The summed E-state index contributed by atoms with van der Waals surface area (Å²) < 4.78 is 40.7. The highest BCUT2D eigenvalue weighted by atomic mass is 19.4. The van der Waals surface area contributed by atoms with Crippen LogP contribution in [0.15, 0.2) is 35.3 Å². The summed E-state index contributed by atoms with van der Waals surface area (Å²) in [7, 11) is 0. The molecule has 5 nitrogen and oxygen atoms in total. The predicted octanol–water partition coefficient (Wildman–Crippen LogP) is 3.18. The van der Waals surface area contributed by atoms with Crippen LogP contribution in [0, 0.1) is 0 Å². The van der Waals surface area contributed by atoms with Crippen LogP contribution in [-0.4, -0.2) is 62.5 Å². The Labute approximate surface area is 165 Å². The molecule has 1 fully saturated rings. The molecule has 0 unspecified atom stereocenters. The lowest BCUT2D eigenvalue weighted by molar-refractivity contribution is -0.173. The van der Waals surface area contributed by atoms with E-state index < -0.39 is 12.8 Å². The van der Waals surface area contributed by atoms with E-state index in [9.17, 15) is 13.2 Å². The van der Waals surface area contributed by atoms with Gasteiger partial charge in [0.25, 0.3) is 0 Å². The molecular formula is C20H31F3N4O. The first kappa shape index (κ1) is 22.5. The van der Waals surface area contributed by atoms with Crippen molar-refractivity contribution in [2.75, 3.05) is 39.4 Å². The second-order valence-corrected chi connectivity index (χ2v) is 6.96. The van der Waals surface area contributed by atoms with Crippen LogP contribution in [0.4, 0.5) is 13.2 Å². The van der Waals surface area contributed by atoms with Crippen LogP contribution in [0.3, 0.4) is 0 Å². The van der Waals surface area contributed by atoms with Gasteiger partial charge >= 0.3 is 6.18 Å². The average Bonchev–Trinajstić information content (AvgIpc) is 2.66. The van der Waals surface area contributed by atoms with Gasteiger partial charge in [0.2, 0.25) is 0 Å². The third kappa shape index (κ3) is 9.41. The van der Waals surface area contributed by atoms with E-state index in [1.165, 1.54) is 5.56 Å². The van der Waals surface area contributed by atoms with E-state index in [4.69, 9.17) is 0 Å². The largest absolute Gasteiger partial charge is 0.411 e. The average molecular weight is 400 g/mol. The summed E-state index contributed by atoms with van der Waals surface area (Å²) in [5, 5.41) is 6.65. The molecule has 1 aliphatic heterocycles. The zero-order valence-electron chi connectivity index (χ0n) is 16.5. The molecule has 0 spiro atoms. The topological polar surface area (TPSA) is 48.9 Å². The smallest absolute Gasteiger partial charge is 0.372 e. The van der Waals surface area contributed by atoms with Crippen LogP contribution in [0.25, 0.3) is 0 Å². The van der Waals surface area contributed by atoms with Crippen molar-refractivity contribution in [1.82, 2.24) is 15.5 Å². The Bertz CT molecular complexity index is 573. The lowest BCUT2D eigenvalue weighted by Crippen LogP contribution is -2.48.